The summed E-state index contributed by atoms with van der Waals surface area (Å²) >= 11 is 0. The van der Waals surface area contributed by atoms with Crippen molar-refractivity contribution in [3.63, 3.8) is 0 Å². The molecule has 2 rings (SSSR count). The number of benzene rings is 1. The van der Waals surface area contributed by atoms with Crippen molar-refractivity contribution in [2.75, 3.05) is 11.9 Å². The Morgan fingerprint density at radius 2 is 2.19 bits per heavy atom. The Morgan fingerprint density at radius 3 is 2.75 bits per heavy atom. The lowest BCUT2D eigenvalue weighted by molar-refractivity contribution is 0.380. The van der Waals surface area contributed by atoms with E-state index in [1.54, 1.807) is 0 Å². The number of hydrogen-bond acceptors (Lipinski definition) is 2. The lowest BCUT2D eigenvalue weighted by atomic mass is 9.92. The summed E-state index contributed by atoms with van der Waals surface area (Å²) in [6, 6.07) is 9.86. The summed E-state index contributed by atoms with van der Waals surface area (Å²) < 4.78 is 0. The average Bonchev–Trinajstić information content (AvgIpc) is 3.08. The molecule has 1 aromatic rings. The fraction of sp³-hybridized carbons (Fsp3) is 0.500. The van der Waals surface area contributed by atoms with Crippen LogP contribution in [0.5, 0.6) is 0 Å². The van der Waals surface area contributed by atoms with Gasteiger partial charge in [-0.15, -0.1) is 0 Å². The highest BCUT2D eigenvalue weighted by atomic mass is 14.9. The average molecular weight is 214 g/mol. The Bertz CT molecular complexity index is 411. The highest BCUT2D eigenvalue weighted by Gasteiger charge is 2.44. The summed E-state index contributed by atoms with van der Waals surface area (Å²) in [5.41, 5.74) is 2.29. The van der Waals surface area contributed by atoms with Crippen LogP contribution in [0.25, 0.3) is 0 Å². The van der Waals surface area contributed by atoms with E-state index in [2.05, 4.69) is 25.2 Å². The fourth-order valence-corrected chi connectivity index (χ4v) is 2.10. The molecule has 2 heteroatoms. The Labute approximate surface area is 97.3 Å². The van der Waals surface area contributed by atoms with Crippen molar-refractivity contribution in [2.24, 2.45) is 11.3 Å². The first-order valence-corrected chi connectivity index (χ1v) is 5.90. The summed E-state index contributed by atoms with van der Waals surface area (Å²) in [6.45, 7) is 5.61. The van der Waals surface area contributed by atoms with Crippen molar-refractivity contribution in [3.8, 4) is 6.07 Å². The minimum Gasteiger partial charge on any atom is -0.384 e. The van der Waals surface area contributed by atoms with Gasteiger partial charge in [0.05, 0.1) is 11.6 Å². The second-order valence-electron chi connectivity index (χ2n) is 5.06. The monoisotopic (exact) mass is 214 g/mol. The van der Waals surface area contributed by atoms with E-state index in [-0.39, 0.29) is 0 Å². The smallest absolute Gasteiger partial charge is 0.0992 e. The van der Waals surface area contributed by atoms with E-state index in [0.29, 0.717) is 5.41 Å². The standard InChI is InChI=1S/C14H18N2/c1-11(2)14(6-7-14)10-16-13-5-3-4-12(8-13)9-15/h3-5,8,11,16H,6-7,10H2,1-2H3. The number of nitrogens with zero attached hydrogens (tertiary/aromatic N) is 1. The molecule has 2 nitrogen and oxygen atoms in total. The Hall–Kier alpha value is -1.49. The van der Waals surface area contributed by atoms with E-state index < -0.39 is 0 Å². The Morgan fingerprint density at radius 1 is 1.44 bits per heavy atom. The topological polar surface area (TPSA) is 35.8 Å². The van der Waals surface area contributed by atoms with Gasteiger partial charge >= 0.3 is 0 Å². The van der Waals surface area contributed by atoms with Crippen LogP contribution in [0.1, 0.15) is 32.3 Å². The molecule has 1 aliphatic carbocycles. The van der Waals surface area contributed by atoms with Crippen LogP contribution >= 0.6 is 0 Å². The van der Waals surface area contributed by atoms with Gasteiger partial charge < -0.3 is 5.32 Å². The SMILES string of the molecule is CC(C)C1(CNc2cccc(C#N)c2)CC1. The van der Waals surface area contributed by atoms with Crippen LogP contribution < -0.4 is 5.32 Å². The lowest BCUT2D eigenvalue weighted by Gasteiger charge is -2.20. The molecule has 0 atom stereocenters. The summed E-state index contributed by atoms with van der Waals surface area (Å²) in [4.78, 5) is 0. The molecular formula is C14H18N2. The quantitative estimate of drug-likeness (QED) is 0.833. The highest BCUT2D eigenvalue weighted by molar-refractivity contribution is 5.49. The molecule has 1 saturated carbocycles. The molecule has 0 aromatic heterocycles. The fourth-order valence-electron chi connectivity index (χ4n) is 2.10. The normalized spacial score (nSPS) is 16.9. The van der Waals surface area contributed by atoms with Crippen molar-refractivity contribution in [2.45, 2.75) is 26.7 Å². The van der Waals surface area contributed by atoms with Gasteiger partial charge in [0.1, 0.15) is 0 Å². The van der Waals surface area contributed by atoms with Gasteiger partial charge in [-0.25, -0.2) is 0 Å². The molecule has 0 heterocycles. The van der Waals surface area contributed by atoms with Crippen molar-refractivity contribution in [3.05, 3.63) is 29.8 Å². The molecule has 0 amide bonds. The van der Waals surface area contributed by atoms with E-state index in [9.17, 15) is 0 Å². The number of nitriles is 1. The predicted molar refractivity (Wildman–Crippen MR) is 66.2 cm³/mol. The van der Waals surface area contributed by atoms with Crippen molar-refractivity contribution in [1.29, 1.82) is 5.26 Å². The van der Waals surface area contributed by atoms with Gasteiger partial charge in [-0.3, -0.25) is 0 Å². The van der Waals surface area contributed by atoms with Gasteiger partial charge in [-0.2, -0.15) is 5.26 Å². The maximum absolute atomic E-state index is 8.81. The largest absolute Gasteiger partial charge is 0.384 e. The molecule has 16 heavy (non-hydrogen) atoms. The minimum atomic E-state index is 0.503. The van der Waals surface area contributed by atoms with Crippen molar-refractivity contribution in [1.82, 2.24) is 0 Å². The van der Waals surface area contributed by atoms with Crippen LogP contribution in [0.3, 0.4) is 0 Å². The number of anilines is 1. The molecule has 1 N–H and O–H groups in total. The highest BCUT2D eigenvalue weighted by Crippen LogP contribution is 2.51. The van der Waals surface area contributed by atoms with Crippen molar-refractivity contribution >= 4 is 5.69 Å². The third-order valence-corrected chi connectivity index (χ3v) is 3.75. The lowest BCUT2D eigenvalue weighted by Crippen LogP contribution is -2.20. The summed E-state index contributed by atoms with van der Waals surface area (Å²) in [5, 5.41) is 12.3. The van der Waals surface area contributed by atoms with Crippen LogP contribution in [-0.4, -0.2) is 6.54 Å². The molecular weight excluding hydrogens is 196 g/mol. The maximum Gasteiger partial charge on any atom is 0.0992 e. The van der Waals surface area contributed by atoms with E-state index in [1.165, 1.54) is 12.8 Å². The van der Waals surface area contributed by atoms with E-state index >= 15 is 0 Å². The van der Waals surface area contributed by atoms with Gasteiger partial charge in [0.25, 0.3) is 0 Å². The molecule has 0 bridgehead atoms. The van der Waals surface area contributed by atoms with Crippen LogP contribution in [-0.2, 0) is 0 Å². The van der Waals surface area contributed by atoms with Crippen LogP contribution in [0.2, 0.25) is 0 Å². The minimum absolute atomic E-state index is 0.503. The van der Waals surface area contributed by atoms with Gasteiger partial charge in [0.2, 0.25) is 0 Å². The Kier molecular flexibility index (Phi) is 2.87. The first kappa shape index (κ1) is 11.0. The first-order valence-electron chi connectivity index (χ1n) is 5.90. The van der Waals surface area contributed by atoms with Gasteiger partial charge in [0.15, 0.2) is 0 Å². The van der Waals surface area contributed by atoms with Gasteiger partial charge in [-0.1, -0.05) is 19.9 Å². The zero-order valence-electron chi connectivity index (χ0n) is 9.96. The number of rotatable bonds is 4. The predicted octanol–water partition coefficient (Wildman–Crippen LogP) is 3.41. The van der Waals surface area contributed by atoms with Gasteiger partial charge in [-0.05, 0) is 42.4 Å². The molecule has 0 saturated heterocycles. The number of hydrogen-bond donors (Lipinski definition) is 1. The molecule has 0 radical (unpaired) electrons. The van der Waals surface area contributed by atoms with E-state index in [0.717, 1.165) is 23.7 Å². The van der Waals surface area contributed by atoms with E-state index in [1.807, 2.05) is 24.3 Å². The molecule has 84 valence electrons. The van der Waals surface area contributed by atoms with E-state index in [4.69, 9.17) is 5.26 Å². The molecule has 1 aliphatic rings. The van der Waals surface area contributed by atoms with Crippen LogP contribution in [0.4, 0.5) is 5.69 Å². The second kappa shape index (κ2) is 4.17. The summed E-state index contributed by atoms with van der Waals surface area (Å²) in [5.74, 6) is 0.735. The molecule has 0 unspecified atom stereocenters. The Balaban J connectivity index is 1.98. The molecule has 0 spiro atoms. The summed E-state index contributed by atoms with van der Waals surface area (Å²) in [6.07, 6.45) is 2.66. The molecule has 0 aliphatic heterocycles. The van der Waals surface area contributed by atoms with Gasteiger partial charge in [0, 0.05) is 12.2 Å². The molecule has 1 fully saturated rings. The molecule has 1 aromatic carbocycles. The summed E-state index contributed by atoms with van der Waals surface area (Å²) in [7, 11) is 0. The van der Waals surface area contributed by atoms with Crippen LogP contribution in [0, 0.1) is 22.7 Å². The second-order valence-corrected chi connectivity index (χ2v) is 5.06. The maximum atomic E-state index is 8.81. The zero-order chi connectivity index (χ0) is 11.6. The van der Waals surface area contributed by atoms with Crippen molar-refractivity contribution < 1.29 is 0 Å². The third-order valence-electron chi connectivity index (χ3n) is 3.75. The third kappa shape index (κ3) is 2.19. The zero-order valence-corrected chi connectivity index (χ0v) is 9.96. The number of nitrogens with one attached hydrogen (secondary N) is 1. The van der Waals surface area contributed by atoms with Crippen LogP contribution in [0.15, 0.2) is 24.3 Å². The first-order chi connectivity index (χ1) is 7.66.